The van der Waals surface area contributed by atoms with Crippen molar-refractivity contribution in [2.45, 2.75) is 26.2 Å². The van der Waals surface area contributed by atoms with Gasteiger partial charge in [0.05, 0.1) is 0 Å². The molecule has 0 spiro atoms. The standard InChI is InChI=1S/C20H19ClN2O/c1-20(2,3)16-9-7-14(8-10-16)11-15(13-22)19(24)23-18-6-4-5-17(21)12-18/h4-12H,1-3H3,(H,23,24)/b15-11+. The van der Waals surface area contributed by atoms with Gasteiger partial charge in [-0.05, 0) is 40.8 Å². The van der Waals surface area contributed by atoms with E-state index in [2.05, 4.69) is 26.1 Å². The van der Waals surface area contributed by atoms with Gasteiger partial charge in [-0.25, -0.2) is 0 Å². The van der Waals surface area contributed by atoms with Gasteiger partial charge < -0.3 is 5.32 Å². The molecule has 0 saturated heterocycles. The lowest BCUT2D eigenvalue weighted by Gasteiger charge is -2.18. The topological polar surface area (TPSA) is 52.9 Å². The van der Waals surface area contributed by atoms with Gasteiger partial charge in [0, 0.05) is 10.7 Å². The minimum atomic E-state index is -0.459. The number of benzene rings is 2. The highest BCUT2D eigenvalue weighted by molar-refractivity contribution is 6.31. The SMILES string of the molecule is CC(C)(C)c1ccc(/C=C(\C#N)C(=O)Nc2cccc(Cl)c2)cc1. The highest BCUT2D eigenvalue weighted by Gasteiger charge is 2.13. The third-order valence-corrected chi connectivity index (χ3v) is 3.77. The largest absolute Gasteiger partial charge is 0.321 e. The molecule has 2 rings (SSSR count). The van der Waals surface area contributed by atoms with E-state index in [9.17, 15) is 10.1 Å². The van der Waals surface area contributed by atoms with Crippen LogP contribution in [0.5, 0.6) is 0 Å². The van der Waals surface area contributed by atoms with Crippen molar-refractivity contribution in [1.82, 2.24) is 0 Å². The van der Waals surface area contributed by atoms with Crippen LogP contribution in [0.3, 0.4) is 0 Å². The van der Waals surface area contributed by atoms with Gasteiger partial charge in [0.15, 0.2) is 0 Å². The molecule has 0 unspecified atom stereocenters. The zero-order chi connectivity index (χ0) is 17.7. The molecule has 0 saturated carbocycles. The molecule has 122 valence electrons. The summed E-state index contributed by atoms with van der Waals surface area (Å²) in [4.78, 5) is 12.2. The van der Waals surface area contributed by atoms with Crippen molar-refractivity contribution in [3.63, 3.8) is 0 Å². The molecule has 3 nitrogen and oxygen atoms in total. The second kappa shape index (κ2) is 7.33. The first-order valence-electron chi connectivity index (χ1n) is 7.59. The number of nitriles is 1. The molecule has 2 aromatic rings. The Kier molecular flexibility index (Phi) is 5.43. The van der Waals surface area contributed by atoms with Crippen molar-refractivity contribution in [3.8, 4) is 6.07 Å². The summed E-state index contributed by atoms with van der Waals surface area (Å²) in [6.07, 6.45) is 1.58. The third kappa shape index (κ3) is 4.71. The maximum atomic E-state index is 12.2. The minimum Gasteiger partial charge on any atom is -0.321 e. The van der Waals surface area contributed by atoms with Gasteiger partial charge in [-0.3, -0.25) is 4.79 Å². The average molecular weight is 339 g/mol. The first kappa shape index (κ1) is 17.8. The van der Waals surface area contributed by atoms with Gasteiger partial charge >= 0.3 is 0 Å². The van der Waals surface area contributed by atoms with Crippen LogP contribution in [0, 0.1) is 11.3 Å². The lowest BCUT2D eigenvalue weighted by Crippen LogP contribution is -2.13. The molecule has 0 aliphatic carbocycles. The maximum absolute atomic E-state index is 12.2. The molecule has 0 radical (unpaired) electrons. The Morgan fingerprint density at radius 2 is 1.83 bits per heavy atom. The maximum Gasteiger partial charge on any atom is 0.266 e. The number of hydrogen-bond acceptors (Lipinski definition) is 2. The van der Waals surface area contributed by atoms with Crippen LogP contribution in [-0.4, -0.2) is 5.91 Å². The van der Waals surface area contributed by atoms with E-state index in [1.807, 2.05) is 30.3 Å². The molecular weight excluding hydrogens is 320 g/mol. The van der Waals surface area contributed by atoms with Crippen LogP contribution >= 0.6 is 11.6 Å². The quantitative estimate of drug-likeness (QED) is 0.619. The molecule has 1 amide bonds. The summed E-state index contributed by atoms with van der Waals surface area (Å²) in [5.74, 6) is -0.459. The summed E-state index contributed by atoms with van der Waals surface area (Å²) in [6.45, 7) is 6.41. The van der Waals surface area contributed by atoms with Crippen LogP contribution in [0.1, 0.15) is 31.9 Å². The number of halogens is 1. The number of hydrogen-bond donors (Lipinski definition) is 1. The molecule has 2 aromatic carbocycles. The Balaban J connectivity index is 2.19. The van der Waals surface area contributed by atoms with Gasteiger partial charge in [0.25, 0.3) is 5.91 Å². The van der Waals surface area contributed by atoms with Crippen LogP contribution < -0.4 is 5.32 Å². The summed E-state index contributed by atoms with van der Waals surface area (Å²) in [5.41, 5.74) is 2.65. The number of nitrogens with one attached hydrogen (secondary N) is 1. The zero-order valence-corrected chi connectivity index (χ0v) is 14.7. The van der Waals surface area contributed by atoms with Crippen molar-refractivity contribution in [2.24, 2.45) is 0 Å². The lowest BCUT2D eigenvalue weighted by atomic mass is 9.86. The minimum absolute atomic E-state index is 0.0403. The highest BCUT2D eigenvalue weighted by Crippen LogP contribution is 2.23. The predicted molar refractivity (Wildman–Crippen MR) is 98.8 cm³/mol. The number of anilines is 1. The summed E-state index contributed by atoms with van der Waals surface area (Å²) >= 11 is 5.89. The molecule has 1 N–H and O–H groups in total. The van der Waals surface area contributed by atoms with E-state index in [1.165, 1.54) is 5.56 Å². The number of nitrogens with zero attached hydrogens (tertiary/aromatic N) is 1. The van der Waals surface area contributed by atoms with E-state index in [1.54, 1.807) is 30.3 Å². The Bertz CT molecular complexity index is 809. The first-order valence-corrected chi connectivity index (χ1v) is 7.96. The first-order chi connectivity index (χ1) is 11.3. The molecule has 24 heavy (non-hydrogen) atoms. The van der Waals surface area contributed by atoms with Gasteiger partial charge in [-0.15, -0.1) is 0 Å². The van der Waals surface area contributed by atoms with Crippen LogP contribution in [0.2, 0.25) is 5.02 Å². The number of amides is 1. The Labute approximate surface area is 147 Å². The fourth-order valence-corrected chi connectivity index (χ4v) is 2.35. The Morgan fingerprint density at radius 1 is 1.17 bits per heavy atom. The summed E-state index contributed by atoms with van der Waals surface area (Å²) in [5, 5.41) is 12.5. The molecule has 0 heterocycles. The van der Waals surface area contributed by atoms with Crippen LogP contribution in [-0.2, 0) is 10.2 Å². The second-order valence-electron chi connectivity index (χ2n) is 6.51. The predicted octanol–water partition coefficient (Wildman–Crippen LogP) is 5.18. The van der Waals surface area contributed by atoms with E-state index >= 15 is 0 Å². The molecule has 0 bridgehead atoms. The number of carbonyl (C=O) groups excluding carboxylic acids is 1. The average Bonchev–Trinajstić information content (AvgIpc) is 2.52. The summed E-state index contributed by atoms with van der Waals surface area (Å²) < 4.78 is 0. The highest BCUT2D eigenvalue weighted by atomic mass is 35.5. The Morgan fingerprint density at radius 3 is 2.38 bits per heavy atom. The molecule has 0 fully saturated rings. The summed E-state index contributed by atoms with van der Waals surface area (Å²) in [7, 11) is 0. The molecule has 0 aromatic heterocycles. The second-order valence-corrected chi connectivity index (χ2v) is 6.94. The molecular formula is C20H19ClN2O. The van der Waals surface area contributed by atoms with Crippen molar-refractivity contribution in [2.75, 3.05) is 5.32 Å². The normalized spacial score (nSPS) is 11.7. The molecule has 4 heteroatoms. The van der Waals surface area contributed by atoms with E-state index in [4.69, 9.17) is 11.6 Å². The number of carbonyl (C=O) groups is 1. The monoisotopic (exact) mass is 338 g/mol. The van der Waals surface area contributed by atoms with Gasteiger partial charge in [-0.1, -0.05) is 62.7 Å². The lowest BCUT2D eigenvalue weighted by molar-refractivity contribution is -0.112. The molecule has 0 atom stereocenters. The van der Waals surface area contributed by atoms with Crippen LogP contribution in [0.4, 0.5) is 5.69 Å². The zero-order valence-electron chi connectivity index (χ0n) is 13.9. The molecule has 0 aliphatic heterocycles. The fourth-order valence-electron chi connectivity index (χ4n) is 2.16. The van der Waals surface area contributed by atoms with Crippen LogP contribution in [0.25, 0.3) is 6.08 Å². The van der Waals surface area contributed by atoms with E-state index in [-0.39, 0.29) is 11.0 Å². The smallest absolute Gasteiger partial charge is 0.266 e. The van der Waals surface area contributed by atoms with E-state index in [0.717, 1.165) is 5.56 Å². The van der Waals surface area contributed by atoms with Gasteiger partial charge in [0.1, 0.15) is 11.6 Å². The third-order valence-electron chi connectivity index (χ3n) is 3.54. The van der Waals surface area contributed by atoms with Crippen molar-refractivity contribution < 1.29 is 4.79 Å². The van der Waals surface area contributed by atoms with E-state index in [0.29, 0.717) is 10.7 Å². The van der Waals surface area contributed by atoms with Gasteiger partial charge in [-0.2, -0.15) is 5.26 Å². The van der Waals surface area contributed by atoms with Crippen molar-refractivity contribution in [3.05, 3.63) is 70.3 Å². The van der Waals surface area contributed by atoms with Gasteiger partial charge in [0.2, 0.25) is 0 Å². The van der Waals surface area contributed by atoms with E-state index < -0.39 is 5.91 Å². The summed E-state index contributed by atoms with van der Waals surface area (Å²) in [6, 6.07) is 16.6. The fraction of sp³-hybridized carbons (Fsp3) is 0.200. The molecule has 0 aliphatic rings. The van der Waals surface area contributed by atoms with Crippen molar-refractivity contribution in [1.29, 1.82) is 5.26 Å². The van der Waals surface area contributed by atoms with Crippen molar-refractivity contribution >= 4 is 29.3 Å². The van der Waals surface area contributed by atoms with Crippen LogP contribution in [0.15, 0.2) is 54.1 Å². The number of rotatable bonds is 3. The Hall–Kier alpha value is -2.57.